The number of carbonyl (C=O) groups excluding carboxylic acids is 1. The largest absolute Gasteiger partial charge is 0.453 e. The number of carbonyl (C=O) groups is 1. The molecule has 0 spiro atoms. The molecule has 0 aromatic heterocycles. The molecule has 1 amide bonds. The lowest BCUT2D eigenvalue weighted by atomic mass is 10.1. The van der Waals surface area contributed by atoms with Gasteiger partial charge in [-0.3, -0.25) is 0 Å². The highest BCUT2D eigenvalue weighted by Gasteiger charge is 2.27. The molecule has 1 fully saturated rings. The maximum absolute atomic E-state index is 13.1. The highest BCUT2D eigenvalue weighted by atomic mass is 19.3. The van der Waals surface area contributed by atoms with Gasteiger partial charge in [-0.15, -0.1) is 0 Å². The Labute approximate surface area is 115 Å². The second kappa shape index (κ2) is 5.94. The van der Waals surface area contributed by atoms with E-state index < -0.39 is 12.5 Å². The number of hydrogen-bond acceptors (Lipinski definition) is 4. The molecule has 2 rings (SSSR count). The number of alkyl halides is 2. The summed E-state index contributed by atoms with van der Waals surface area (Å²) >= 11 is 0. The molecular formula is C13H17F2N3O2. The summed E-state index contributed by atoms with van der Waals surface area (Å²) in [5, 5.41) is 2.67. The molecule has 5 nitrogen and oxygen atoms in total. The summed E-state index contributed by atoms with van der Waals surface area (Å²) in [6.45, 7) is 1.07. The van der Waals surface area contributed by atoms with Gasteiger partial charge in [0.1, 0.15) is 0 Å². The topological polar surface area (TPSA) is 67.6 Å². The molecule has 1 aliphatic rings. The van der Waals surface area contributed by atoms with Crippen LogP contribution in [-0.4, -0.2) is 32.3 Å². The third-order valence-electron chi connectivity index (χ3n) is 3.32. The molecule has 1 saturated heterocycles. The lowest BCUT2D eigenvalue weighted by Crippen LogP contribution is -2.37. The van der Waals surface area contributed by atoms with Crippen molar-refractivity contribution in [2.24, 2.45) is 0 Å². The Balaban J connectivity index is 2.12. The zero-order valence-electron chi connectivity index (χ0n) is 11.1. The number of nitrogens with zero attached hydrogens (tertiary/aromatic N) is 1. The van der Waals surface area contributed by atoms with Crippen LogP contribution in [-0.2, 0) is 4.74 Å². The van der Waals surface area contributed by atoms with E-state index in [-0.39, 0.29) is 11.6 Å². The molecular weight excluding hydrogens is 268 g/mol. The van der Waals surface area contributed by atoms with E-state index in [1.54, 1.807) is 12.1 Å². The van der Waals surface area contributed by atoms with Crippen molar-refractivity contribution in [1.29, 1.82) is 0 Å². The maximum atomic E-state index is 13.1. The third-order valence-corrected chi connectivity index (χ3v) is 3.32. The average molecular weight is 285 g/mol. The van der Waals surface area contributed by atoms with Gasteiger partial charge in [0.25, 0.3) is 6.43 Å². The lowest BCUT2D eigenvalue weighted by molar-refractivity contribution is 0.152. The maximum Gasteiger partial charge on any atom is 0.407 e. The Bertz CT molecular complexity index is 497. The molecule has 0 aliphatic carbocycles. The number of nitrogens with one attached hydrogen (secondary N) is 1. The first-order valence-electron chi connectivity index (χ1n) is 6.28. The van der Waals surface area contributed by atoms with Crippen LogP contribution in [0.15, 0.2) is 18.2 Å². The quantitative estimate of drug-likeness (QED) is 0.835. The van der Waals surface area contributed by atoms with Gasteiger partial charge in [0.15, 0.2) is 0 Å². The molecule has 0 radical (unpaired) electrons. The summed E-state index contributed by atoms with van der Waals surface area (Å²) in [7, 11) is 1.29. The minimum Gasteiger partial charge on any atom is -0.453 e. The Kier molecular flexibility index (Phi) is 4.26. The van der Waals surface area contributed by atoms with Crippen molar-refractivity contribution in [2.45, 2.75) is 18.9 Å². The predicted molar refractivity (Wildman–Crippen MR) is 72.0 cm³/mol. The van der Waals surface area contributed by atoms with Gasteiger partial charge < -0.3 is 20.7 Å². The van der Waals surface area contributed by atoms with Crippen LogP contribution in [0.4, 0.5) is 25.0 Å². The smallest absolute Gasteiger partial charge is 0.407 e. The van der Waals surface area contributed by atoms with Crippen LogP contribution in [0.3, 0.4) is 0 Å². The van der Waals surface area contributed by atoms with Crippen molar-refractivity contribution in [1.82, 2.24) is 5.32 Å². The number of benzene rings is 1. The van der Waals surface area contributed by atoms with Gasteiger partial charge in [0, 0.05) is 30.0 Å². The molecule has 7 heteroatoms. The van der Waals surface area contributed by atoms with Gasteiger partial charge in [0.05, 0.1) is 13.2 Å². The van der Waals surface area contributed by atoms with Crippen LogP contribution in [0.25, 0.3) is 0 Å². The van der Waals surface area contributed by atoms with Gasteiger partial charge in [-0.05, 0) is 24.6 Å². The van der Waals surface area contributed by atoms with Crippen molar-refractivity contribution < 1.29 is 18.3 Å². The van der Waals surface area contributed by atoms with E-state index in [0.29, 0.717) is 30.9 Å². The number of anilines is 2. The Morgan fingerprint density at radius 1 is 1.55 bits per heavy atom. The van der Waals surface area contributed by atoms with Crippen LogP contribution in [0.5, 0.6) is 0 Å². The second-order valence-electron chi connectivity index (χ2n) is 4.69. The number of hydrogen-bond donors (Lipinski definition) is 2. The highest BCUT2D eigenvalue weighted by molar-refractivity contribution is 5.68. The fourth-order valence-electron chi connectivity index (χ4n) is 2.36. The first kappa shape index (κ1) is 14.4. The molecule has 0 bridgehead atoms. The van der Waals surface area contributed by atoms with Gasteiger partial charge >= 0.3 is 6.09 Å². The minimum absolute atomic E-state index is 0.0799. The monoisotopic (exact) mass is 285 g/mol. The summed E-state index contributed by atoms with van der Waals surface area (Å²) in [6, 6.07) is 4.38. The van der Waals surface area contributed by atoms with Gasteiger partial charge in [-0.1, -0.05) is 0 Å². The van der Waals surface area contributed by atoms with Crippen molar-refractivity contribution in [3.05, 3.63) is 23.8 Å². The molecule has 3 N–H and O–H groups in total. The third kappa shape index (κ3) is 3.09. The van der Waals surface area contributed by atoms with Crippen LogP contribution < -0.4 is 16.0 Å². The first-order chi connectivity index (χ1) is 9.51. The number of halogens is 2. The number of rotatable bonds is 3. The number of alkyl carbamates (subject to hydrolysis) is 1. The van der Waals surface area contributed by atoms with Crippen molar-refractivity contribution in [2.75, 3.05) is 30.8 Å². The Morgan fingerprint density at radius 2 is 2.30 bits per heavy atom. The summed E-state index contributed by atoms with van der Waals surface area (Å²) < 4.78 is 30.6. The molecule has 1 unspecified atom stereocenters. The number of ether oxygens (including phenoxy) is 1. The minimum atomic E-state index is -2.58. The van der Waals surface area contributed by atoms with E-state index in [4.69, 9.17) is 5.73 Å². The molecule has 20 heavy (non-hydrogen) atoms. The van der Waals surface area contributed by atoms with E-state index in [0.717, 1.165) is 0 Å². The molecule has 1 atom stereocenters. The van der Waals surface area contributed by atoms with Crippen LogP contribution in [0.2, 0.25) is 0 Å². The fraction of sp³-hybridized carbons (Fsp3) is 0.462. The number of methoxy groups -OCH3 is 1. The van der Waals surface area contributed by atoms with E-state index in [1.165, 1.54) is 13.2 Å². The SMILES string of the molecule is COC(=O)NC1CCN(c2ccc(N)cc2C(F)F)C1. The van der Waals surface area contributed by atoms with Crippen LogP contribution in [0.1, 0.15) is 18.4 Å². The molecule has 110 valence electrons. The van der Waals surface area contributed by atoms with E-state index in [1.807, 2.05) is 4.90 Å². The van der Waals surface area contributed by atoms with Crippen molar-refractivity contribution in [3.63, 3.8) is 0 Å². The molecule has 1 aromatic carbocycles. The van der Waals surface area contributed by atoms with Gasteiger partial charge in [-0.2, -0.15) is 0 Å². The number of amides is 1. The average Bonchev–Trinajstić information content (AvgIpc) is 2.86. The second-order valence-corrected chi connectivity index (χ2v) is 4.69. The molecule has 1 aliphatic heterocycles. The van der Waals surface area contributed by atoms with Gasteiger partial charge in [-0.25, -0.2) is 13.6 Å². The normalized spacial score (nSPS) is 18.4. The fourth-order valence-corrected chi connectivity index (χ4v) is 2.36. The summed E-state index contributed by atoms with van der Waals surface area (Å²) in [4.78, 5) is 13.0. The predicted octanol–water partition coefficient (Wildman–Crippen LogP) is 2.14. The Hall–Kier alpha value is -2.05. The first-order valence-corrected chi connectivity index (χ1v) is 6.28. The highest BCUT2D eigenvalue weighted by Crippen LogP contribution is 2.33. The Morgan fingerprint density at radius 3 is 2.95 bits per heavy atom. The van der Waals surface area contributed by atoms with Crippen LogP contribution in [0, 0.1) is 0 Å². The van der Waals surface area contributed by atoms with E-state index in [2.05, 4.69) is 10.1 Å². The van der Waals surface area contributed by atoms with Crippen LogP contribution >= 0.6 is 0 Å². The standard InChI is InChI=1S/C13H17F2N3O2/c1-20-13(19)17-9-4-5-18(7-9)11-3-2-8(16)6-10(11)12(14)15/h2-3,6,9,12H,4-5,7,16H2,1H3,(H,17,19). The summed E-state index contributed by atoms with van der Waals surface area (Å²) in [5.74, 6) is 0. The number of nitrogen functional groups attached to an aromatic ring is 1. The zero-order chi connectivity index (χ0) is 14.7. The van der Waals surface area contributed by atoms with E-state index >= 15 is 0 Å². The van der Waals surface area contributed by atoms with E-state index in [9.17, 15) is 13.6 Å². The zero-order valence-corrected chi connectivity index (χ0v) is 11.1. The molecule has 1 heterocycles. The van der Waals surface area contributed by atoms with Gasteiger partial charge in [0.2, 0.25) is 0 Å². The number of nitrogens with two attached hydrogens (primary N) is 1. The lowest BCUT2D eigenvalue weighted by Gasteiger charge is -2.22. The summed E-state index contributed by atoms with van der Waals surface area (Å²) in [5.41, 5.74) is 6.24. The van der Waals surface area contributed by atoms with Crippen molar-refractivity contribution >= 4 is 17.5 Å². The molecule has 1 aromatic rings. The summed E-state index contributed by atoms with van der Waals surface area (Å²) in [6.07, 6.45) is -2.41. The van der Waals surface area contributed by atoms with Crippen molar-refractivity contribution in [3.8, 4) is 0 Å². The molecule has 0 saturated carbocycles.